The van der Waals surface area contributed by atoms with Gasteiger partial charge in [0, 0.05) is 29.6 Å². The highest BCUT2D eigenvalue weighted by Gasteiger charge is 2.49. The molecule has 0 aliphatic carbocycles. The van der Waals surface area contributed by atoms with Crippen molar-refractivity contribution in [1.29, 1.82) is 0 Å². The van der Waals surface area contributed by atoms with Gasteiger partial charge in [-0.2, -0.15) is 0 Å². The van der Waals surface area contributed by atoms with Gasteiger partial charge in [0.1, 0.15) is 11.3 Å². The number of rotatable bonds is 4. The summed E-state index contributed by atoms with van der Waals surface area (Å²) >= 11 is 0. The van der Waals surface area contributed by atoms with E-state index in [0.29, 0.717) is 32.0 Å². The predicted molar refractivity (Wildman–Crippen MR) is 110 cm³/mol. The average molecular weight is 391 g/mol. The molecule has 0 bridgehead atoms. The first-order valence-electron chi connectivity index (χ1n) is 10.2. The molecule has 0 saturated carbocycles. The van der Waals surface area contributed by atoms with E-state index in [9.17, 15) is 4.79 Å². The highest BCUT2D eigenvalue weighted by atomic mass is 16.5. The summed E-state index contributed by atoms with van der Waals surface area (Å²) in [6, 6.07) is 15.8. The minimum absolute atomic E-state index is 0.0300. The maximum atomic E-state index is 12.8. The summed E-state index contributed by atoms with van der Waals surface area (Å²) in [6.07, 6.45) is 1.83. The summed E-state index contributed by atoms with van der Waals surface area (Å²) in [7, 11) is 0. The minimum Gasteiger partial charge on any atom is -0.372 e. The molecule has 5 rings (SSSR count). The van der Waals surface area contributed by atoms with Crippen molar-refractivity contribution >= 4 is 16.8 Å². The fourth-order valence-corrected chi connectivity index (χ4v) is 4.38. The molecule has 2 aliphatic rings. The molecule has 2 fully saturated rings. The SMILES string of the molecule is Cc1cccc(CO[C@H]2CCOC3(C2)CN(C(=O)c2cc4ccccc4[nH]2)C3)n1. The Labute approximate surface area is 169 Å². The van der Waals surface area contributed by atoms with Crippen LogP contribution in [0.25, 0.3) is 10.9 Å². The lowest BCUT2D eigenvalue weighted by Gasteiger charge is -2.52. The number of H-pyrrole nitrogens is 1. The predicted octanol–water partition coefficient (Wildman–Crippen LogP) is 3.46. The Kier molecular flexibility index (Phi) is 4.60. The molecule has 1 amide bonds. The minimum atomic E-state index is -0.273. The van der Waals surface area contributed by atoms with Crippen LogP contribution < -0.4 is 0 Å². The smallest absolute Gasteiger partial charge is 0.270 e. The standard InChI is InChI=1S/C23H25N3O3/c1-16-5-4-7-18(24-16)13-28-19-9-10-29-23(12-19)14-26(15-23)22(27)21-11-17-6-2-3-8-20(17)25-21/h2-8,11,19,25H,9-10,12-15H2,1H3/t19-/m0/s1. The third-order valence-electron chi connectivity index (χ3n) is 5.87. The highest BCUT2D eigenvalue weighted by molar-refractivity contribution is 5.98. The number of nitrogens with zero attached hydrogens (tertiary/aromatic N) is 2. The maximum Gasteiger partial charge on any atom is 0.270 e. The molecule has 29 heavy (non-hydrogen) atoms. The zero-order chi connectivity index (χ0) is 19.8. The first kappa shape index (κ1) is 18.3. The van der Waals surface area contributed by atoms with Gasteiger partial charge in [-0.3, -0.25) is 9.78 Å². The van der Waals surface area contributed by atoms with E-state index >= 15 is 0 Å². The van der Waals surface area contributed by atoms with Crippen LogP contribution in [0.15, 0.2) is 48.5 Å². The molecule has 4 heterocycles. The summed E-state index contributed by atoms with van der Waals surface area (Å²) in [5.41, 5.74) is 3.30. The molecule has 1 spiro atoms. The Morgan fingerprint density at radius 2 is 2.14 bits per heavy atom. The van der Waals surface area contributed by atoms with Crippen molar-refractivity contribution in [2.45, 2.75) is 38.1 Å². The van der Waals surface area contributed by atoms with Crippen LogP contribution in [0.5, 0.6) is 0 Å². The van der Waals surface area contributed by atoms with E-state index < -0.39 is 0 Å². The molecule has 150 valence electrons. The van der Waals surface area contributed by atoms with Crippen molar-refractivity contribution in [2.75, 3.05) is 19.7 Å². The van der Waals surface area contributed by atoms with Gasteiger partial charge in [-0.1, -0.05) is 24.3 Å². The molecule has 2 aliphatic heterocycles. The second-order valence-corrected chi connectivity index (χ2v) is 8.16. The lowest BCUT2D eigenvalue weighted by molar-refractivity contribution is -0.188. The number of aromatic amines is 1. The number of para-hydroxylation sites is 1. The first-order valence-corrected chi connectivity index (χ1v) is 10.2. The van der Waals surface area contributed by atoms with Crippen LogP contribution in [0.1, 0.15) is 34.7 Å². The Morgan fingerprint density at radius 1 is 1.28 bits per heavy atom. The lowest BCUT2D eigenvalue weighted by Crippen LogP contribution is -2.67. The molecule has 2 aromatic heterocycles. The van der Waals surface area contributed by atoms with Crippen LogP contribution in [0.4, 0.5) is 0 Å². The molecule has 6 nitrogen and oxygen atoms in total. The average Bonchev–Trinajstić information content (AvgIpc) is 3.14. The van der Waals surface area contributed by atoms with Crippen molar-refractivity contribution in [3.8, 4) is 0 Å². The second-order valence-electron chi connectivity index (χ2n) is 8.16. The fourth-order valence-electron chi connectivity index (χ4n) is 4.38. The van der Waals surface area contributed by atoms with Crippen molar-refractivity contribution in [1.82, 2.24) is 14.9 Å². The third kappa shape index (κ3) is 3.66. The van der Waals surface area contributed by atoms with Gasteiger partial charge in [-0.15, -0.1) is 0 Å². The molecule has 1 N–H and O–H groups in total. The number of hydrogen-bond donors (Lipinski definition) is 1. The summed E-state index contributed by atoms with van der Waals surface area (Å²) in [5, 5.41) is 1.05. The number of benzene rings is 1. The quantitative estimate of drug-likeness (QED) is 0.740. The molecule has 1 aromatic carbocycles. The van der Waals surface area contributed by atoms with Gasteiger partial charge in [0.2, 0.25) is 0 Å². The normalized spacial score (nSPS) is 20.7. The molecule has 3 aromatic rings. The van der Waals surface area contributed by atoms with Crippen molar-refractivity contribution in [3.63, 3.8) is 0 Å². The van der Waals surface area contributed by atoms with E-state index in [0.717, 1.165) is 35.1 Å². The lowest BCUT2D eigenvalue weighted by atomic mass is 9.84. The number of aryl methyl sites for hydroxylation is 1. The fraction of sp³-hybridized carbons (Fsp3) is 0.391. The highest BCUT2D eigenvalue weighted by Crippen LogP contribution is 2.36. The number of carbonyl (C=O) groups is 1. The Bertz CT molecular complexity index is 1010. The van der Waals surface area contributed by atoms with Crippen molar-refractivity contribution in [3.05, 3.63) is 65.6 Å². The van der Waals surface area contributed by atoms with Crippen molar-refractivity contribution in [2.24, 2.45) is 0 Å². The van der Waals surface area contributed by atoms with Crippen LogP contribution in [-0.2, 0) is 16.1 Å². The van der Waals surface area contributed by atoms with Gasteiger partial charge >= 0.3 is 0 Å². The monoisotopic (exact) mass is 391 g/mol. The van der Waals surface area contributed by atoms with E-state index in [1.807, 2.05) is 60.4 Å². The van der Waals surface area contributed by atoms with Gasteiger partial charge in [0.15, 0.2) is 0 Å². The molecule has 1 atom stereocenters. The zero-order valence-corrected chi connectivity index (χ0v) is 16.6. The summed E-state index contributed by atoms with van der Waals surface area (Å²) in [4.78, 5) is 22.4. The largest absolute Gasteiger partial charge is 0.372 e. The molecule has 0 unspecified atom stereocenters. The number of ether oxygens (including phenoxy) is 2. The van der Waals surface area contributed by atoms with Crippen LogP contribution in [0, 0.1) is 6.92 Å². The summed E-state index contributed by atoms with van der Waals surface area (Å²) in [6.45, 7) is 4.40. The number of amides is 1. The zero-order valence-electron chi connectivity index (χ0n) is 16.6. The molecule has 6 heteroatoms. The number of fused-ring (bicyclic) bond motifs is 1. The number of pyridine rings is 1. The van der Waals surface area contributed by atoms with Gasteiger partial charge in [-0.05, 0) is 37.6 Å². The van der Waals surface area contributed by atoms with Gasteiger partial charge in [-0.25, -0.2) is 0 Å². The molecular formula is C23H25N3O3. The number of hydrogen-bond acceptors (Lipinski definition) is 4. The van der Waals surface area contributed by atoms with Crippen LogP contribution in [-0.4, -0.2) is 52.2 Å². The Morgan fingerprint density at radius 3 is 2.97 bits per heavy atom. The van der Waals surface area contributed by atoms with Gasteiger partial charge in [0.05, 0.1) is 31.5 Å². The summed E-state index contributed by atoms with van der Waals surface area (Å²) < 4.78 is 12.2. The number of nitrogens with one attached hydrogen (secondary N) is 1. The molecular weight excluding hydrogens is 366 g/mol. The number of carbonyl (C=O) groups excluding carboxylic acids is 1. The van der Waals surface area contributed by atoms with E-state index in [1.54, 1.807) is 0 Å². The Hall–Kier alpha value is -2.70. The van der Waals surface area contributed by atoms with E-state index in [2.05, 4.69) is 9.97 Å². The maximum absolute atomic E-state index is 12.8. The van der Waals surface area contributed by atoms with Crippen LogP contribution in [0.3, 0.4) is 0 Å². The van der Waals surface area contributed by atoms with Crippen molar-refractivity contribution < 1.29 is 14.3 Å². The van der Waals surface area contributed by atoms with E-state index in [4.69, 9.17) is 9.47 Å². The number of aromatic nitrogens is 2. The topological polar surface area (TPSA) is 67.5 Å². The van der Waals surface area contributed by atoms with Gasteiger partial charge < -0.3 is 19.4 Å². The summed E-state index contributed by atoms with van der Waals surface area (Å²) in [5.74, 6) is 0.0300. The first-order chi connectivity index (χ1) is 14.1. The van der Waals surface area contributed by atoms with E-state index in [1.165, 1.54) is 0 Å². The molecule has 2 saturated heterocycles. The number of likely N-dealkylation sites (tertiary alicyclic amines) is 1. The molecule has 0 radical (unpaired) electrons. The van der Waals surface area contributed by atoms with E-state index in [-0.39, 0.29) is 17.6 Å². The van der Waals surface area contributed by atoms with Crippen LogP contribution in [0.2, 0.25) is 0 Å². The Balaban J connectivity index is 1.19. The second kappa shape index (κ2) is 7.28. The van der Waals surface area contributed by atoms with Crippen LogP contribution >= 0.6 is 0 Å². The third-order valence-corrected chi connectivity index (χ3v) is 5.87. The van der Waals surface area contributed by atoms with Gasteiger partial charge in [0.25, 0.3) is 5.91 Å².